The number of nitrogens with zero attached hydrogens (tertiary/aromatic N) is 3. The molecule has 0 amide bonds. The molecule has 1 aliphatic heterocycles. The molecular formula is C28H34N3+. The second kappa shape index (κ2) is 6.41. The van der Waals surface area contributed by atoms with Gasteiger partial charge in [0.05, 0.1) is 10.9 Å². The molecule has 2 aromatic heterocycles. The maximum absolute atomic E-state index is 5.28. The van der Waals surface area contributed by atoms with Gasteiger partial charge in [-0.25, -0.2) is 9.55 Å². The predicted molar refractivity (Wildman–Crippen MR) is 130 cm³/mol. The first-order valence-corrected chi connectivity index (χ1v) is 11.7. The van der Waals surface area contributed by atoms with Gasteiger partial charge in [0, 0.05) is 10.8 Å². The Morgan fingerprint density at radius 1 is 1.10 bits per heavy atom. The maximum atomic E-state index is 5.28. The fourth-order valence-corrected chi connectivity index (χ4v) is 6.17. The van der Waals surface area contributed by atoms with E-state index in [4.69, 9.17) is 4.98 Å². The van der Waals surface area contributed by atoms with Crippen molar-refractivity contribution in [3.63, 3.8) is 0 Å². The van der Waals surface area contributed by atoms with Crippen molar-refractivity contribution in [2.45, 2.75) is 77.2 Å². The quantitative estimate of drug-likeness (QED) is 0.274. The van der Waals surface area contributed by atoms with Gasteiger partial charge in [-0.3, -0.25) is 0 Å². The molecule has 3 nitrogen and oxygen atoms in total. The average molecular weight is 413 g/mol. The lowest BCUT2D eigenvalue weighted by molar-refractivity contribution is -0.719. The van der Waals surface area contributed by atoms with Crippen LogP contribution in [-0.2, 0) is 16.4 Å². The summed E-state index contributed by atoms with van der Waals surface area (Å²) >= 11 is 0. The van der Waals surface area contributed by atoms with Gasteiger partial charge in [0.25, 0.3) is 5.65 Å². The summed E-state index contributed by atoms with van der Waals surface area (Å²) in [4.78, 5) is 5.28. The molecule has 160 valence electrons. The molecule has 2 atom stereocenters. The topological polar surface area (TPSA) is 21.2 Å². The first-order valence-electron chi connectivity index (χ1n) is 11.7. The molecule has 3 heteroatoms. The van der Waals surface area contributed by atoms with Crippen molar-refractivity contribution in [2.75, 3.05) is 0 Å². The third-order valence-electron chi connectivity index (χ3n) is 7.79. The monoisotopic (exact) mass is 412 g/mol. The van der Waals surface area contributed by atoms with E-state index in [1.807, 2.05) is 0 Å². The van der Waals surface area contributed by atoms with Crippen LogP contribution in [0, 0.1) is 0 Å². The summed E-state index contributed by atoms with van der Waals surface area (Å²) in [5, 5.41) is 1.30. The fraction of sp³-hybridized carbons (Fsp3) is 0.429. The third kappa shape index (κ3) is 2.30. The van der Waals surface area contributed by atoms with Crippen LogP contribution in [0.5, 0.6) is 0 Å². The molecule has 0 aliphatic carbocycles. The van der Waals surface area contributed by atoms with Crippen molar-refractivity contribution in [1.29, 1.82) is 0 Å². The highest BCUT2D eigenvalue weighted by Crippen LogP contribution is 2.51. The lowest BCUT2D eigenvalue weighted by Gasteiger charge is -2.47. The van der Waals surface area contributed by atoms with Crippen LogP contribution >= 0.6 is 0 Å². The molecule has 4 aromatic rings. The Kier molecular flexibility index (Phi) is 4.19. The molecule has 2 aromatic carbocycles. The van der Waals surface area contributed by atoms with Gasteiger partial charge in [0.15, 0.2) is 11.0 Å². The summed E-state index contributed by atoms with van der Waals surface area (Å²) in [7, 11) is 0. The minimum absolute atomic E-state index is 0.0719. The number of aromatic nitrogens is 3. The van der Waals surface area contributed by atoms with Crippen molar-refractivity contribution in [2.24, 2.45) is 0 Å². The van der Waals surface area contributed by atoms with Crippen LogP contribution in [0.1, 0.15) is 72.2 Å². The first kappa shape index (κ1) is 20.2. The molecule has 3 heterocycles. The van der Waals surface area contributed by atoms with Gasteiger partial charge in [-0.05, 0) is 42.7 Å². The zero-order chi connectivity index (χ0) is 22.2. The minimum atomic E-state index is -0.206. The molecular weight excluding hydrogens is 378 g/mol. The normalized spacial score (nSPS) is 23.3. The zero-order valence-electron chi connectivity index (χ0n) is 19.8. The van der Waals surface area contributed by atoms with E-state index in [1.165, 1.54) is 27.6 Å². The van der Waals surface area contributed by atoms with Crippen molar-refractivity contribution in [1.82, 2.24) is 9.38 Å². The molecule has 0 N–H and O–H groups in total. The summed E-state index contributed by atoms with van der Waals surface area (Å²) in [5.41, 5.74) is 5.91. The van der Waals surface area contributed by atoms with Crippen LogP contribution in [0.15, 0.2) is 55.1 Å². The highest BCUT2D eigenvalue weighted by atomic mass is 15.2. The summed E-state index contributed by atoms with van der Waals surface area (Å²) in [5.74, 6) is 1.11. The Morgan fingerprint density at radius 2 is 1.84 bits per heavy atom. The number of allylic oxidation sites excluding steroid dienone is 1. The average Bonchev–Trinajstić information content (AvgIpc) is 3.11. The zero-order valence-corrected chi connectivity index (χ0v) is 19.8. The smallest absolute Gasteiger partial charge is 0.212 e. The first-order chi connectivity index (χ1) is 14.7. The van der Waals surface area contributed by atoms with Gasteiger partial charge >= 0.3 is 0 Å². The molecule has 1 aliphatic rings. The standard InChI is InChI=1S/C28H34N3/c1-8-18-28(10-3)27(7,9-2)19-14-13-15-20-23(19)24-30(25(29-20)26(4,5)6)21-16-11-12-17-22(21)31(24)28/h10-17H,3,8-9,18H2,1-2,4-7H3/q+1. The van der Waals surface area contributed by atoms with Gasteiger partial charge in [0.2, 0.25) is 5.82 Å². The number of fused-ring (bicyclic) bond motifs is 3. The van der Waals surface area contributed by atoms with Crippen LogP contribution in [-0.4, -0.2) is 9.38 Å². The molecule has 0 bridgehead atoms. The SMILES string of the molecule is C=CC1(CCC)[n+]2c3ccccc3n3c(C(C)(C)C)nc4cccc(c4c32)C1(C)CC. The number of imidazole rings is 1. The van der Waals surface area contributed by atoms with E-state index in [0.29, 0.717) is 0 Å². The predicted octanol–water partition coefficient (Wildman–Crippen LogP) is 6.59. The summed E-state index contributed by atoms with van der Waals surface area (Å²) in [6.45, 7) is 18.3. The largest absolute Gasteiger partial charge is 0.299 e. The summed E-state index contributed by atoms with van der Waals surface area (Å²) in [6, 6.07) is 15.5. The van der Waals surface area contributed by atoms with Gasteiger partial charge < -0.3 is 0 Å². The van der Waals surface area contributed by atoms with Gasteiger partial charge in [0.1, 0.15) is 5.54 Å². The summed E-state index contributed by atoms with van der Waals surface area (Å²) in [6.07, 6.45) is 5.43. The van der Waals surface area contributed by atoms with Gasteiger partial charge in [-0.2, -0.15) is 4.40 Å². The molecule has 0 saturated heterocycles. The molecule has 0 radical (unpaired) electrons. The molecule has 5 rings (SSSR count). The van der Waals surface area contributed by atoms with E-state index in [2.05, 4.69) is 106 Å². The Balaban J connectivity index is 2.19. The van der Waals surface area contributed by atoms with Crippen molar-refractivity contribution in [3.05, 3.63) is 66.5 Å². The Labute approximate surface area is 185 Å². The highest BCUT2D eigenvalue weighted by molar-refractivity contribution is 5.98. The van der Waals surface area contributed by atoms with Gasteiger partial charge in [-0.1, -0.05) is 78.8 Å². The number of rotatable bonds is 4. The Bertz CT molecular complexity index is 1350. The molecule has 2 unspecified atom stereocenters. The molecule has 0 spiro atoms. The van der Waals surface area contributed by atoms with E-state index >= 15 is 0 Å². The maximum Gasteiger partial charge on any atom is 0.299 e. The summed E-state index contributed by atoms with van der Waals surface area (Å²) < 4.78 is 5.05. The second-order valence-electron chi connectivity index (χ2n) is 10.4. The van der Waals surface area contributed by atoms with E-state index in [0.717, 1.165) is 30.6 Å². The Morgan fingerprint density at radius 3 is 2.48 bits per heavy atom. The van der Waals surface area contributed by atoms with E-state index in [1.54, 1.807) is 0 Å². The van der Waals surface area contributed by atoms with Crippen molar-refractivity contribution < 1.29 is 4.57 Å². The number of para-hydroxylation sites is 2. The molecule has 0 saturated carbocycles. The number of benzene rings is 2. The van der Waals surface area contributed by atoms with E-state index in [9.17, 15) is 0 Å². The lowest BCUT2D eigenvalue weighted by atomic mass is 9.60. The van der Waals surface area contributed by atoms with Crippen molar-refractivity contribution >= 4 is 27.6 Å². The Hall–Kier alpha value is -2.68. The number of hydrogen-bond acceptors (Lipinski definition) is 1. The third-order valence-corrected chi connectivity index (χ3v) is 7.79. The minimum Gasteiger partial charge on any atom is -0.212 e. The van der Waals surface area contributed by atoms with Crippen molar-refractivity contribution in [3.8, 4) is 0 Å². The molecule has 0 fully saturated rings. The van der Waals surface area contributed by atoms with E-state index < -0.39 is 0 Å². The lowest BCUT2D eigenvalue weighted by Crippen LogP contribution is -2.67. The van der Waals surface area contributed by atoms with Crippen LogP contribution in [0.25, 0.3) is 27.6 Å². The fourth-order valence-electron chi connectivity index (χ4n) is 6.17. The molecule has 31 heavy (non-hydrogen) atoms. The van der Waals surface area contributed by atoms with Crippen LogP contribution < -0.4 is 4.57 Å². The van der Waals surface area contributed by atoms with Crippen LogP contribution in [0.3, 0.4) is 0 Å². The second-order valence-corrected chi connectivity index (χ2v) is 10.4. The van der Waals surface area contributed by atoms with Crippen LogP contribution in [0.2, 0.25) is 0 Å². The highest BCUT2D eigenvalue weighted by Gasteiger charge is 2.57. The van der Waals surface area contributed by atoms with Gasteiger partial charge in [-0.15, -0.1) is 0 Å². The van der Waals surface area contributed by atoms with Crippen LogP contribution in [0.4, 0.5) is 0 Å². The van der Waals surface area contributed by atoms with E-state index in [-0.39, 0.29) is 16.4 Å². The number of hydrogen-bond donors (Lipinski definition) is 0.